The van der Waals surface area contributed by atoms with E-state index in [0.717, 1.165) is 16.6 Å². The summed E-state index contributed by atoms with van der Waals surface area (Å²) < 4.78 is 5.23. The molecule has 0 bridgehead atoms. The summed E-state index contributed by atoms with van der Waals surface area (Å²) in [6.45, 7) is 6.97. The Hall–Kier alpha value is -2.05. The zero-order chi connectivity index (χ0) is 19.7. The third-order valence-corrected chi connectivity index (χ3v) is 4.91. The monoisotopic (exact) mass is 391 g/mol. The first-order valence-electron chi connectivity index (χ1n) is 9.14. The van der Waals surface area contributed by atoms with E-state index in [1.165, 1.54) is 0 Å². The molecule has 0 atom stereocenters. The fourth-order valence-corrected chi connectivity index (χ4v) is 3.44. The van der Waals surface area contributed by atoms with Crippen LogP contribution in [0.15, 0.2) is 30.5 Å². The summed E-state index contributed by atoms with van der Waals surface area (Å²) in [5.74, 6) is 0. The van der Waals surface area contributed by atoms with Crippen LogP contribution in [0.25, 0.3) is 10.9 Å². The van der Waals surface area contributed by atoms with Gasteiger partial charge in [-0.2, -0.15) is 0 Å². The first-order chi connectivity index (χ1) is 12.7. The number of carbonyl (C=O) groups excluding carboxylic acids is 1. The van der Waals surface area contributed by atoms with Crippen LogP contribution in [0.4, 0.5) is 10.5 Å². The van der Waals surface area contributed by atoms with Crippen molar-refractivity contribution in [3.05, 3.63) is 35.5 Å². The highest BCUT2D eigenvalue weighted by molar-refractivity contribution is 6.31. The molecule has 7 heteroatoms. The maximum absolute atomic E-state index is 11.8. The average Bonchev–Trinajstić information content (AvgIpc) is 2.59. The second-order valence-electron chi connectivity index (χ2n) is 8.06. The van der Waals surface area contributed by atoms with Gasteiger partial charge in [0.1, 0.15) is 5.60 Å². The van der Waals surface area contributed by atoms with E-state index in [4.69, 9.17) is 16.3 Å². The van der Waals surface area contributed by atoms with Gasteiger partial charge in [-0.05, 0) is 57.9 Å². The molecule has 1 amide bonds. The number of hydrogen-bond acceptors (Lipinski definition) is 5. The summed E-state index contributed by atoms with van der Waals surface area (Å²) in [5.41, 5.74) is 0.460. The number of anilines is 1. The first kappa shape index (κ1) is 19.7. The van der Waals surface area contributed by atoms with Gasteiger partial charge in [0.15, 0.2) is 0 Å². The molecule has 0 saturated carbocycles. The number of nitrogens with zero attached hydrogens (tertiary/aromatic N) is 2. The molecule has 3 rings (SSSR count). The average molecular weight is 392 g/mol. The Balaban J connectivity index is 1.63. The van der Waals surface area contributed by atoms with Crippen LogP contribution in [0.3, 0.4) is 0 Å². The fourth-order valence-electron chi connectivity index (χ4n) is 3.27. The number of pyridine rings is 1. The van der Waals surface area contributed by atoms with E-state index in [1.54, 1.807) is 6.20 Å². The number of ether oxygens (including phenoxy) is 1. The minimum Gasteiger partial charge on any atom is -0.444 e. The molecule has 1 fully saturated rings. The summed E-state index contributed by atoms with van der Waals surface area (Å²) in [5, 5.41) is 15.2. The highest BCUT2D eigenvalue weighted by Crippen LogP contribution is 2.32. The van der Waals surface area contributed by atoms with Gasteiger partial charge < -0.3 is 20.1 Å². The lowest BCUT2D eigenvalue weighted by Crippen LogP contribution is -2.51. The summed E-state index contributed by atoms with van der Waals surface area (Å²) in [6.07, 6.45) is 2.38. The molecule has 1 aliphatic rings. The molecule has 6 nitrogen and oxygen atoms in total. The molecule has 0 aliphatic carbocycles. The number of halogens is 1. The van der Waals surface area contributed by atoms with Crippen molar-refractivity contribution in [1.82, 2.24) is 10.3 Å². The molecule has 1 saturated heterocycles. The third-order valence-electron chi connectivity index (χ3n) is 4.68. The van der Waals surface area contributed by atoms with E-state index >= 15 is 0 Å². The molecule has 1 aliphatic heterocycles. The van der Waals surface area contributed by atoms with Gasteiger partial charge in [-0.25, -0.2) is 4.79 Å². The molecule has 1 aromatic carbocycles. The topological polar surface area (TPSA) is 74.7 Å². The van der Waals surface area contributed by atoms with Crippen LogP contribution in [0, 0.1) is 0 Å². The van der Waals surface area contributed by atoms with Crippen LogP contribution in [0.2, 0.25) is 5.02 Å². The molecule has 0 unspecified atom stereocenters. The van der Waals surface area contributed by atoms with Crippen LogP contribution < -0.4 is 10.2 Å². The number of alkyl carbamates (subject to hydrolysis) is 1. The maximum Gasteiger partial charge on any atom is 0.407 e. The van der Waals surface area contributed by atoms with Gasteiger partial charge in [-0.15, -0.1) is 0 Å². The lowest BCUT2D eigenvalue weighted by molar-refractivity contribution is 0.00803. The minimum absolute atomic E-state index is 0.179. The molecule has 146 valence electrons. The van der Waals surface area contributed by atoms with Gasteiger partial charge in [-0.1, -0.05) is 11.6 Å². The van der Waals surface area contributed by atoms with Crippen molar-refractivity contribution in [2.24, 2.45) is 0 Å². The quantitative estimate of drug-likeness (QED) is 0.833. The second kappa shape index (κ2) is 7.52. The van der Waals surface area contributed by atoms with Crippen molar-refractivity contribution >= 4 is 34.3 Å². The van der Waals surface area contributed by atoms with E-state index in [0.29, 0.717) is 31.0 Å². The number of carbonyl (C=O) groups is 1. The molecular formula is C20H26ClN3O3. The number of piperidine rings is 1. The summed E-state index contributed by atoms with van der Waals surface area (Å²) in [7, 11) is 0. The highest BCUT2D eigenvalue weighted by Gasteiger charge is 2.33. The smallest absolute Gasteiger partial charge is 0.407 e. The number of aromatic nitrogens is 1. The molecule has 2 aromatic rings. The Morgan fingerprint density at radius 3 is 2.70 bits per heavy atom. The van der Waals surface area contributed by atoms with Crippen molar-refractivity contribution in [2.45, 2.75) is 44.8 Å². The van der Waals surface area contributed by atoms with Crippen LogP contribution >= 0.6 is 11.6 Å². The maximum atomic E-state index is 11.8. The SMILES string of the molecule is CC(C)(C)OC(=O)NCC1(O)CCN(c2ccnc3ccc(Cl)cc23)CC1. The lowest BCUT2D eigenvalue weighted by atomic mass is 9.91. The van der Waals surface area contributed by atoms with Gasteiger partial charge >= 0.3 is 6.09 Å². The van der Waals surface area contributed by atoms with Crippen molar-refractivity contribution in [3.8, 4) is 0 Å². The standard InChI is InChI=1S/C20H26ClN3O3/c1-19(2,3)27-18(25)23-13-20(26)7-10-24(11-8-20)17-6-9-22-16-5-4-14(21)12-15(16)17/h4-6,9,12,26H,7-8,10-11,13H2,1-3H3,(H,23,25). The van der Waals surface area contributed by atoms with Crippen LogP contribution in [-0.4, -0.2) is 47.0 Å². The van der Waals surface area contributed by atoms with Crippen LogP contribution in [0.1, 0.15) is 33.6 Å². The van der Waals surface area contributed by atoms with E-state index in [-0.39, 0.29) is 6.54 Å². The fraction of sp³-hybridized carbons (Fsp3) is 0.500. The summed E-state index contributed by atoms with van der Waals surface area (Å²) in [4.78, 5) is 18.4. The third kappa shape index (κ3) is 5.02. The van der Waals surface area contributed by atoms with Crippen LogP contribution in [-0.2, 0) is 4.74 Å². The number of hydrogen-bond donors (Lipinski definition) is 2. The molecular weight excluding hydrogens is 366 g/mol. The Labute approximate surface area is 164 Å². The molecule has 27 heavy (non-hydrogen) atoms. The zero-order valence-corrected chi connectivity index (χ0v) is 16.7. The van der Waals surface area contributed by atoms with Crippen LogP contribution in [0.5, 0.6) is 0 Å². The molecule has 1 aromatic heterocycles. The van der Waals surface area contributed by atoms with Gasteiger partial charge in [0.05, 0.1) is 11.1 Å². The van der Waals surface area contributed by atoms with Crippen molar-refractivity contribution in [1.29, 1.82) is 0 Å². The minimum atomic E-state index is -0.937. The zero-order valence-electron chi connectivity index (χ0n) is 16.0. The second-order valence-corrected chi connectivity index (χ2v) is 8.49. The van der Waals surface area contributed by atoms with Gasteiger partial charge in [0.25, 0.3) is 0 Å². The van der Waals surface area contributed by atoms with E-state index < -0.39 is 17.3 Å². The van der Waals surface area contributed by atoms with Gasteiger partial charge in [0, 0.05) is 41.9 Å². The number of rotatable bonds is 3. The molecule has 0 spiro atoms. The summed E-state index contributed by atoms with van der Waals surface area (Å²) in [6, 6.07) is 7.64. The molecule has 2 heterocycles. The van der Waals surface area contributed by atoms with Crippen molar-refractivity contribution < 1.29 is 14.6 Å². The largest absolute Gasteiger partial charge is 0.444 e. The van der Waals surface area contributed by atoms with Gasteiger partial charge in [0.2, 0.25) is 0 Å². The Bertz CT molecular complexity index is 827. The first-order valence-corrected chi connectivity index (χ1v) is 9.52. The predicted octanol–water partition coefficient (Wildman–Crippen LogP) is 3.74. The Morgan fingerprint density at radius 1 is 1.33 bits per heavy atom. The van der Waals surface area contributed by atoms with E-state index in [9.17, 15) is 9.90 Å². The van der Waals surface area contributed by atoms with E-state index in [2.05, 4.69) is 15.2 Å². The number of benzene rings is 1. The molecule has 2 N–H and O–H groups in total. The number of aliphatic hydroxyl groups is 1. The number of amides is 1. The van der Waals surface area contributed by atoms with E-state index in [1.807, 2.05) is 45.0 Å². The number of fused-ring (bicyclic) bond motifs is 1. The summed E-state index contributed by atoms with van der Waals surface area (Å²) >= 11 is 6.15. The number of nitrogens with one attached hydrogen (secondary N) is 1. The van der Waals surface area contributed by atoms with Crippen molar-refractivity contribution in [3.63, 3.8) is 0 Å². The normalized spacial score (nSPS) is 17.0. The predicted molar refractivity (Wildman–Crippen MR) is 107 cm³/mol. The Kier molecular flexibility index (Phi) is 5.49. The highest BCUT2D eigenvalue weighted by atomic mass is 35.5. The molecule has 0 radical (unpaired) electrons. The van der Waals surface area contributed by atoms with Crippen molar-refractivity contribution in [2.75, 3.05) is 24.5 Å². The lowest BCUT2D eigenvalue weighted by Gasteiger charge is -2.39. The van der Waals surface area contributed by atoms with Gasteiger partial charge in [-0.3, -0.25) is 4.98 Å². The Morgan fingerprint density at radius 2 is 2.04 bits per heavy atom.